The molecule has 0 aliphatic heterocycles. The molecule has 4 fully saturated rings. The SMILES string of the molecule is NC(=O)c1cnc2[nH]ccc2c1N[C@@H]1[C@@H]2CC3C[C@H]1C[C@@](F)(C3)C2. The van der Waals surface area contributed by atoms with Gasteiger partial charge in [0.05, 0.1) is 11.3 Å². The van der Waals surface area contributed by atoms with Crippen LogP contribution in [0.2, 0.25) is 0 Å². The number of hydrogen-bond acceptors (Lipinski definition) is 3. The van der Waals surface area contributed by atoms with E-state index in [1.165, 1.54) is 6.20 Å². The van der Waals surface area contributed by atoms with Crippen molar-refractivity contribution in [3.05, 3.63) is 24.0 Å². The van der Waals surface area contributed by atoms with Crippen molar-refractivity contribution in [2.45, 2.75) is 43.8 Å². The van der Waals surface area contributed by atoms with Crippen molar-refractivity contribution in [1.29, 1.82) is 0 Å². The lowest BCUT2D eigenvalue weighted by atomic mass is 9.53. The Morgan fingerprint density at radius 3 is 2.75 bits per heavy atom. The average molecular weight is 328 g/mol. The van der Waals surface area contributed by atoms with Crippen LogP contribution in [-0.4, -0.2) is 27.6 Å². The normalized spacial score (nSPS) is 37.0. The van der Waals surface area contributed by atoms with Crippen molar-refractivity contribution in [3.63, 3.8) is 0 Å². The molecule has 0 aromatic carbocycles. The molecule has 24 heavy (non-hydrogen) atoms. The number of H-pyrrole nitrogens is 1. The number of aromatic nitrogens is 2. The van der Waals surface area contributed by atoms with E-state index in [0.717, 1.165) is 36.0 Å². The van der Waals surface area contributed by atoms with Gasteiger partial charge in [0, 0.05) is 23.8 Å². The highest BCUT2D eigenvalue weighted by Gasteiger charge is 2.56. The van der Waals surface area contributed by atoms with E-state index in [-0.39, 0.29) is 6.04 Å². The summed E-state index contributed by atoms with van der Waals surface area (Å²) in [5.41, 5.74) is 6.49. The first kappa shape index (κ1) is 14.3. The van der Waals surface area contributed by atoms with Crippen LogP contribution < -0.4 is 11.1 Å². The average Bonchev–Trinajstić information content (AvgIpc) is 2.97. The first-order valence-corrected chi connectivity index (χ1v) is 8.74. The van der Waals surface area contributed by atoms with Crippen molar-refractivity contribution < 1.29 is 9.18 Å². The van der Waals surface area contributed by atoms with Crippen LogP contribution in [0.3, 0.4) is 0 Å². The van der Waals surface area contributed by atoms with E-state index in [2.05, 4.69) is 15.3 Å². The molecule has 4 aliphatic carbocycles. The lowest BCUT2D eigenvalue weighted by Gasteiger charge is -2.57. The van der Waals surface area contributed by atoms with Crippen molar-refractivity contribution in [3.8, 4) is 0 Å². The van der Waals surface area contributed by atoms with Gasteiger partial charge in [0.1, 0.15) is 11.3 Å². The van der Waals surface area contributed by atoms with Gasteiger partial charge >= 0.3 is 0 Å². The molecule has 4 saturated carbocycles. The number of nitrogens with one attached hydrogen (secondary N) is 2. The number of carbonyl (C=O) groups is 1. The smallest absolute Gasteiger partial charge is 0.252 e. The molecule has 5 nitrogen and oxygen atoms in total. The fourth-order valence-electron chi connectivity index (χ4n) is 5.68. The summed E-state index contributed by atoms with van der Waals surface area (Å²) >= 11 is 0. The molecule has 2 aromatic rings. The maximum atomic E-state index is 14.9. The third-order valence-electron chi connectivity index (χ3n) is 6.36. The van der Waals surface area contributed by atoms with Gasteiger partial charge in [-0.25, -0.2) is 9.37 Å². The summed E-state index contributed by atoms with van der Waals surface area (Å²) in [6, 6.07) is 2.12. The number of amides is 1. The van der Waals surface area contributed by atoms with Gasteiger partial charge in [-0.1, -0.05) is 0 Å². The van der Waals surface area contributed by atoms with Crippen LogP contribution in [-0.2, 0) is 0 Å². The standard InChI is InChI=1S/C18H21FN4O/c19-18-5-9-3-10(6-18)14(11(4-9)7-18)23-15-12-1-2-21-17(12)22-8-13(15)16(20)24/h1-2,8-11,14H,3-7H2,(H2,20,24)(H2,21,22,23)/t9?,10-,11+,14-,18-. The van der Waals surface area contributed by atoms with Crippen LogP contribution in [0.15, 0.2) is 18.5 Å². The zero-order chi connectivity index (χ0) is 16.5. The van der Waals surface area contributed by atoms with E-state index in [9.17, 15) is 9.18 Å². The largest absolute Gasteiger partial charge is 0.380 e. The van der Waals surface area contributed by atoms with E-state index in [1.807, 2.05) is 6.07 Å². The van der Waals surface area contributed by atoms with E-state index in [4.69, 9.17) is 5.73 Å². The second-order valence-corrected chi connectivity index (χ2v) is 7.94. The third-order valence-corrected chi connectivity index (χ3v) is 6.36. The van der Waals surface area contributed by atoms with Gasteiger partial charge in [0.25, 0.3) is 5.91 Å². The van der Waals surface area contributed by atoms with E-state index in [0.29, 0.717) is 36.2 Å². The summed E-state index contributed by atoms with van der Waals surface area (Å²) in [4.78, 5) is 19.2. The summed E-state index contributed by atoms with van der Waals surface area (Å²) in [7, 11) is 0. The van der Waals surface area contributed by atoms with Crippen molar-refractivity contribution in [2.24, 2.45) is 23.5 Å². The molecule has 0 radical (unpaired) electrons. The summed E-state index contributed by atoms with van der Waals surface area (Å²) in [5, 5.41) is 4.46. The van der Waals surface area contributed by atoms with Crippen molar-refractivity contribution in [2.75, 3.05) is 5.32 Å². The highest BCUT2D eigenvalue weighted by Crippen LogP contribution is 2.58. The van der Waals surface area contributed by atoms with Gasteiger partial charge in [-0.3, -0.25) is 4.79 Å². The Balaban J connectivity index is 1.54. The van der Waals surface area contributed by atoms with Crippen LogP contribution in [0, 0.1) is 17.8 Å². The first-order chi connectivity index (χ1) is 11.5. The molecule has 6 rings (SSSR count). The quantitative estimate of drug-likeness (QED) is 0.810. The predicted octanol–water partition coefficient (Wildman–Crippen LogP) is 2.99. The molecule has 4 N–H and O–H groups in total. The molecule has 0 spiro atoms. The van der Waals surface area contributed by atoms with Crippen LogP contribution in [0.25, 0.3) is 11.0 Å². The molecular weight excluding hydrogens is 307 g/mol. The highest BCUT2D eigenvalue weighted by molar-refractivity contribution is 6.06. The molecule has 1 unspecified atom stereocenters. The lowest BCUT2D eigenvalue weighted by molar-refractivity contribution is -0.0800. The number of alkyl halides is 1. The van der Waals surface area contributed by atoms with Gasteiger partial charge in [-0.2, -0.15) is 0 Å². The van der Waals surface area contributed by atoms with Crippen LogP contribution in [0.4, 0.5) is 10.1 Å². The Bertz CT molecular complexity index is 816. The summed E-state index contributed by atoms with van der Waals surface area (Å²) < 4.78 is 14.9. The zero-order valence-corrected chi connectivity index (χ0v) is 13.4. The number of aromatic amines is 1. The van der Waals surface area contributed by atoms with Crippen LogP contribution >= 0.6 is 0 Å². The molecule has 126 valence electrons. The minimum atomic E-state index is -0.956. The Kier molecular flexibility index (Phi) is 2.80. The molecule has 1 amide bonds. The topological polar surface area (TPSA) is 83.8 Å². The zero-order valence-electron chi connectivity index (χ0n) is 13.4. The Hall–Kier alpha value is -2.11. The first-order valence-electron chi connectivity index (χ1n) is 8.74. The molecule has 4 aliphatic rings. The number of nitrogens with two attached hydrogens (primary N) is 1. The fourth-order valence-corrected chi connectivity index (χ4v) is 5.68. The molecule has 2 heterocycles. The number of rotatable bonds is 3. The van der Waals surface area contributed by atoms with E-state index in [1.54, 1.807) is 6.20 Å². The number of nitrogens with zero attached hydrogens (tertiary/aromatic N) is 1. The predicted molar refractivity (Wildman–Crippen MR) is 89.4 cm³/mol. The number of hydrogen-bond donors (Lipinski definition) is 3. The lowest BCUT2D eigenvalue weighted by Crippen LogP contribution is -2.57. The van der Waals surface area contributed by atoms with Crippen LogP contribution in [0.1, 0.15) is 42.5 Å². The maximum Gasteiger partial charge on any atom is 0.252 e. The monoisotopic (exact) mass is 328 g/mol. The highest BCUT2D eigenvalue weighted by atomic mass is 19.1. The van der Waals surface area contributed by atoms with E-state index >= 15 is 0 Å². The number of pyridine rings is 1. The Labute approximate surface area is 139 Å². The Morgan fingerprint density at radius 1 is 1.33 bits per heavy atom. The molecule has 4 bridgehead atoms. The van der Waals surface area contributed by atoms with Gasteiger partial charge in [0.15, 0.2) is 0 Å². The molecule has 2 aromatic heterocycles. The number of anilines is 1. The number of fused-ring (bicyclic) bond motifs is 1. The van der Waals surface area contributed by atoms with Gasteiger partial charge in [0.2, 0.25) is 0 Å². The third kappa shape index (κ3) is 1.98. The second kappa shape index (κ2) is 4.71. The second-order valence-electron chi connectivity index (χ2n) is 7.94. The fraction of sp³-hybridized carbons (Fsp3) is 0.556. The molecule has 5 atom stereocenters. The minimum absolute atomic E-state index is 0.212. The number of primary amides is 1. The molecule has 0 saturated heterocycles. The molecule has 6 heteroatoms. The summed E-state index contributed by atoms with van der Waals surface area (Å²) in [6.07, 6.45) is 7.55. The molecular formula is C18H21FN4O. The Morgan fingerprint density at radius 2 is 2.08 bits per heavy atom. The number of carbonyl (C=O) groups excluding carboxylic acids is 1. The van der Waals surface area contributed by atoms with Crippen LogP contribution in [0.5, 0.6) is 0 Å². The van der Waals surface area contributed by atoms with Gasteiger partial charge in [-0.15, -0.1) is 0 Å². The van der Waals surface area contributed by atoms with Gasteiger partial charge < -0.3 is 16.0 Å². The van der Waals surface area contributed by atoms with Crippen molar-refractivity contribution in [1.82, 2.24) is 9.97 Å². The summed E-state index contributed by atoms with van der Waals surface area (Å²) in [5.74, 6) is 0.720. The van der Waals surface area contributed by atoms with Gasteiger partial charge in [-0.05, 0) is 55.9 Å². The van der Waals surface area contributed by atoms with E-state index < -0.39 is 11.6 Å². The van der Waals surface area contributed by atoms with Crippen molar-refractivity contribution >= 4 is 22.6 Å². The summed E-state index contributed by atoms with van der Waals surface area (Å²) in [6.45, 7) is 0. The maximum absolute atomic E-state index is 14.9. The number of halogens is 1. The minimum Gasteiger partial charge on any atom is -0.380 e.